The molecule has 6 heteroatoms. The van der Waals surface area contributed by atoms with Gasteiger partial charge in [-0.05, 0) is 37.0 Å². The van der Waals surface area contributed by atoms with Gasteiger partial charge in [0.2, 0.25) is 0 Å². The largest absolute Gasteiger partial charge is 0.481 e. The minimum atomic E-state index is -0.956. The van der Waals surface area contributed by atoms with Crippen LogP contribution in [-0.2, 0) is 4.79 Å². The summed E-state index contributed by atoms with van der Waals surface area (Å²) < 4.78 is 0. The lowest BCUT2D eigenvalue weighted by atomic mass is 9.98. The molecule has 1 fully saturated rings. The van der Waals surface area contributed by atoms with Gasteiger partial charge in [-0.25, -0.2) is 0 Å². The maximum atomic E-state index is 12.7. The third kappa shape index (κ3) is 4.20. The number of amides is 1. The Balaban J connectivity index is 1.80. The maximum absolute atomic E-state index is 12.7. The number of carboxylic acid groups (broad SMARTS) is 1. The minimum absolute atomic E-state index is 0.171. The number of aliphatic carboxylic acids is 1. The van der Waals surface area contributed by atoms with Gasteiger partial charge in [0.1, 0.15) is 0 Å². The van der Waals surface area contributed by atoms with Crippen molar-refractivity contribution < 1.29 is 14.7 Å². The number of aromatic nitrogens is 1. The molecule has 0 saturated carbocycles. The Morgan fingerprint density at radius 3 is 2.65 bits per heavy atom. The van der Waals surface area contributed by atoms with Crippen molar-refractivity contribution in [1.29, 1.82) is 0 Å². The molecule has 0 spiro atoms. The summed E-state index contributed by atoms with van der Waals surface area (Å²) in [6, 6.07) is 8.73. The third-order valence-corrected chi connectivity index (χ3v) is 4.71. The first-order valence-corrected chi connectivity index (χ1v) is 8.83. The van der Waals surface area contributed by atoms with Crippen molar-refractivity contribution in [2.45, 2.75) is 32.2 Å². The topological polar surface area (TPSA) is 82.5 Å². The molecule has 0 radical (unpaired) electrons. The van der Waals surface area contributed by atoms with Crippen molar-refractivity contribution in [2.24, 2.45) is 0 Å². The molecule has 1 unspecified atom stereocenters. The Bertz CT molecular complexity index is 800. The summed E-state index contributed by atoms with van der Waals surface area (Å²) >= 11 is 0. The van der Waals surface area contributed by atoms with E-state index >= 15 is 0 Å². The van der Waals surface area contributed by atoms with Crippen molar-refractivity contribution in [1.82, 2.24) is 10.3 Å². The first kappa shape index (κ1) is 17.9. The van der Waals surface area contributed by atoms with Gasteiger partial charge in [-0.1, -0.05) is 24.3 Å². The van der Waals surface area contributed by atoms with E-state index in [1.807, 2.05) is 37.3 Å². The van der Waals surface area contributed by atoms with Crippen LogP contribution in [0.3, 0.4) is 0 Å². The Morgan fingerprint density at radius 1 is 1.23 bits per heavy atom. The normalized spacial score (nSPS) is 14.9. The number of benzene rings is 1. The molecular weight excluding hydrogens is 330 g/mol. The van der Waals surface area contributed by atoms with Gasteiger partial charge in [0.05, 0.1) is 29.9 Å². The number of nitrogens with one attached hydrogen (secondary N) is 1. The van der Waals surface area contributed by atoms with Crippen molar-refractivity contribution in [3.8, 4) is 0 Å². The van der Waals surface area contributed by atoms with Crippen molar-refractivity contribution in [3.05, 3.63) is 59.4 Å². The van der Waals surface area contributed by atoms with Crippen LogP contribution in [0.4, 0.5) is 5.69 Å². The number of hydrogen-bond donors (Lipinski definition) is 2. The molecule has 2 heterocycles. The number of hydrogen-bond acceptors (Lipinski definition) is 4. The average Bonchev–Trinajstić information content (AvgIpc) is 3.16. The number of carbonyl (C=O) groups excluding carboxylic acids is 1. The second-order valence-electron chi connectivity index (χ2n) is 6.61. The van der Waals surface area contributed by atoms with Crippen LogP contribution in [0.5, 0.6) is 0 Å². The van der Waals surface area contributed by atoms with Crippen molar-refractivity contribution >= 4 is 17.6 Å². The number of nitrogens with zero attached hydrogens (tertiary/aromatic N) is 2. The lowest BCUT2D eigenvalue weighted by Crippen LogP contribution is -2.31. The van der Waals surface area contributed by atoms with E-state index in [0.717, 1.165) is 42.7 Å². The second kappa shape index (κ2) is 7.99. The van der Waals surface area contributed by atoms with Crippen LogP contribution >= 0.6 is 0 Å². The SMILES string of the molecule is Cc1ccccc1C(CC(=O)O)NC(=O)c1cncc(N2CCCC2)c1. The van der Waals surface area contributed by atoms with E-state index in [1.165, 1.54) is 6.20 Å². The average molecular weight is 353 g/mol. The molecule has 1 saturated heterocycles. The summed E-state index contributed by atoms with van der Waals surface area (Å²) in [6.07, 6.45) is 5.40. The molecule has 0 aliphatic carbocycles. The number of carbonyl (C=O) groups is 2. The summed E-state index contributed by atoms with van der Waals surface area (Å²) in [5, 5.41) is 12.1. The first-order valence-electron chi connectivity index (χ1n) is 8.83. The smallest absolute Gasteiger partial charge is 0.305 e. The Morgan fingerprint density at radius 2 is 1.96 bits per heavy atom. The van der Waals surface area contributed by atoms with Crippen molar-refractivity contribution in [2.75, 3.05) is 18.0 Å². The third-order valence-electron chi connectivity index (χ3n) is 4.71. The first-order chi connectivity index (χ1) is 12.5. The summed E-state index contributed by atoms with van der Waals surface area (Å²) in [7, 11) is 0. The fraction of sp³-hybridized carbons (Fsp3) is 0.350. The predicted octanol–water partition coefficient (Wildman–Crippen LogP) is 2.94. The van der Waals surface area contributed by atoms with Gasteiger partial charge in [0.25, 0.3) is 5.91 Å². The number of rotatable bonds is 6. The molecule has 136 valence electrons. The highest BCUT2D eigenvalue weighted by atomic mass is 16.4. The zero-order valence-electron chi connectivity index (χ0n) is 14.8. The molecular formula is C20H23N3O3. The predicted molar refractivity (Wildman–Crippen MR) is 99.3 cm³/mol. The van der Waals surface area contributed by atoms with E-state index in [1.54, 1.807) is 6.20 Å². The standard InChI is InChI=1S/C20H23N3O3/c1-14-6-2-3-7-17(14)18(11-19(24)25)22-20(26)15-10-16(13-21-12-15)23-8-4-5-9-23/h2-3,6-7,10,12-13,18H,4-5,8-9,11H2,1H3,(H,22,26)(H,24,25). The molecule has 1 aromatic carbocycles. The molecule has 1 aliphatic rings. The van der Waals surface area contributed by atoms with Crippen LogP contribution < -0.4 is 10.2 Å². The molecule has 0 bridgehead atoms. The van der Waals surface area contributed by atoms with Gasteiger partial charge in [-0.3, -0.25) is 14.6 Å². The highest BCUT2D eigenvalue weighted by molar-refractivity contribution is 5.95. The van der Waals surface area contributed by atoms with E-state index in [-0.39, 0.29) is 12.3 Å². The summed E-state index contributed by atoms with van der Waals surface area (Å²) in [5.41, 5.74) is 3.13. The highest BCUT2D eigenvalue weighted by Crippen LogP contribution is 2.23. The second-order valence-corrected chi connectivity index (χ2v) is 6.61. The molecule has 26 heavy (non-hydrogen) atoms. The molecule has 6 nitrogen and oxygen atoms in total. The van der Waals surface area contributed by atoms with Crippen LogP contribution in [0.1, 0.15) is 46.8 Å². The Labute approximate surface area is 152 Å². The monoisotopic (exact) mass is 353 g/mol. The summed E-state index contributed by atoms with van der Waals surface area (Å²) in [5.74, 6) is -1.27. The van der Waals surface area contributed by atoms with E-state index in [9.17, 15) is 14.7 Å². The van der Waals surface area contributed by atoms with E-state index < -0.39 is 12.0 Å². The lowest BCUT2D eigenvalue weighted by molar-refractivity contribution is -0.137. The fourth-order valence-corrected chi connectivity index (χ4v) is 3.33. The van der Waals surface area contributed by atoms with Gasteiger partial charge in [0.15, 0.2) is 0 Å². The maximum Gasteiger partial charge on any atom is 0.305 e. The zero-order chi connectivity index (χ0) is 18.5. The van der Waals surface area contributed by atoms with Crippen molar-refractivity contribution in [3.63, 3.8) is 0 Å². The number of anilines is 1. The Hall–Kier alpha value is -2.89. The molecule has 1 atom stereocenters. The molecule has 1 amide bonds. The summed E-state index contributed by atoms with van der Waals surface area (Å²) in [4.78, 5) is 30.4. The minimum Gasteiger partial charge on any atom is -0.481 e. The number of aryl methyl sites for hydroxylation is 1. The number of pyridine rings is 1. The van der Waals surface area contributed by atoms with Crippen LogP contribution in [-0.4, -0.2) is 35.1 Å². The molecule has 1 aromatic heterocycles. The fourth-order valence-electron chi connectivity index (χ4n) is 3.33. The van der Waals surface area contributed by atoms with E-state index in [0.29, 0.717) is 5.56 Å². The van der Waals surface area contributed by atoms with E-state index in [2.05, 4.69) is 15.2 Å². The molecule has 2 aromatic rings. The van der Waals surface area contributed by atoms with Gasteiger partial charge in [-0.2, -0.15) is 0 Å². The lowest BCUT2D eigenvalue weighted by Gasteiger charge is -2.21. The molecule has 2 N–H and O–H groups in total. The van der Waals surface area contributed by atoms with E-state index in [4.69, 9.17) is 0 Å². The number of carboxylic acids is 1. The van der Waals surface area contributed by atoms with Gasteiger partial charge < -0.3 is 15.3 Å². The van der Waals surface area contributed by atoms with Crippen LogP contribution in [0.15, 0.2) is 42.7 Å². The Kier molecular flexibility index (Phi) is 5.51. The van der Waals surface area contributed by atoms with Gasteiger partial charge in [0, 0.05) is 19.3 Å². The quantitative estimate of drug-likeness (QED) is 0.834. The van der Waals surface area contributed by atoms with Crippen LogP contribution in [0, 0.1) is 6.92 Å². The van der Waals surface area contributed by atoms with Gasteiger partial charge >= 0.3 is 5.97 Å². The van der Waals surface area contributed by atoms with Crippen LogP contribution in [0.2, 0.25) is 0 Å². The molecule has 3 rings (SSSR count). The highest BCUT2D eigenvalue weighted by Gasteiger charge is 2.21. The summed E-state index contributed by atoms with van der Waals surface area (Å²) in [6.45, 7) is 3.85. The zero-order valence-corrected chi connectivity index (χ0v) is 14.8. The molecule has 1 aliphatic heterocycles. The van der Waals surface area contributed by atoms with Crippen LogP contribution in [0.25, 0.3) is 0 Å². The van der Waals surface area contributed by atoms with Gasteiger partial charge in [-0.15, -0.1) is 0 Å².